The van der Waals surface area contributed by atoms with Crippen LogP contribution in [0.2, 0.25) is 0 Å². The normalized spacial score (nSPS) is 12.5. The molecule has 446 valence electrons. The molecule has 0 saturated heterocycles. The van der Waals surface area contributed by atoms with Crippen molar-refractivity contribution in [1.29, 1.82) is 0 Å². The topological polar surface area (TPSA) is 95.9 Å². The van der Waals surface area contributed by atoms with Crippen molar-refractivity contribution >= 4 is 11.9 Å². The summed E-state index contributed by atoms with van der Waals surface area (Å²) in [5, 5.41) is 23.4. The van der Waals surface area contributed by atoms with Gasteiger partial charge in [0.15, 0.2) is 0 Å². The van der Waals surface area contributed by atoms with Gasteiger partial charge in [-0.05, 0) is 51.4 Å². The minimum atomic E-state index is -0.669. The van der Waals surface area contributed by atoms with Crippen molar-refractivity contribution in [3.63, 3.8) is 0 Å². The third kappa shape index (κ3) is 61.7. The Balaban J connectivity index is 3.40. The maximum Gasteiger partial charge on any atom is 0.305 e. The first-order chi connectivity index (χ1) is 37.0. The van der Waals surface area contributed by atoms with Gasteiger partial charge in [0.2, 0.25) is 5.91 Å². The van der Waals surface area contributed by atoms with Gasteiger partial charge in [0, 0.05) is 12.8 Å². The van der Waals surface area contributed by atoms with Crippen molar-refractivity contribution in [3.8, 4) is 0 Å². The van der Waals surface area contributed by atoms with Gasteiger partial charge in [-0.25, -0.2) is 0 Å². The van der Waals surface area contributed by atoms with Crippen LogP contribution in [-0.2, 0) is 14.3 Å². The summed E-state index contributed by atoms with van der Waals surface area (Å²) < 4.78 is 5.50. The predicted octanol–water partition coefficient (Wildman–Crippen LogP) is 22.0. The Kier molecular flexibility index (Phi) is 63.9. The highest BCUT2D eigenvalue weighted by molar-refractivity contribution is 5.76. The highest BCUT2D eigenvalue weighted by Gasteiger charge is 2.20. The Bertz CT molecular complexity index is 1130. The lowest BCUT2D eigenvalue weighted by atomic mass is 10.0. The monoisotopic (exact) mass is 1060 g/mol. The third-order valence-corrected chi connectivity index (χ3v) is 16.3. The number of unbranched alkanes of at least 4 members (excludes halogenated alkanes) is 52. The van der Waals surface area contributed by atoms with E-state index in [1.165, 1.54) is 321 Å². The molecule has 0 radical (unpaired) electrons. The number of carbonyl (C=O) groups excluding carboxylic acids is 2. The fourth-order valence-electron chi connectivity index (χ4n) is 11.1. The quantitative estimate of drug-likeness (QED) is 0.0320. The lowest BCUT2D eigenvalue weighted by Crippen LogP contribution is -2.45. The molecule has 0 spiro atoms. The van der Waals surface area contributed by atoms with Crippen LogP contribution in [0.25, 0.3) is 0 Å². The number of ether oxygens (including phenoxy) is 1. The Morgan fingerprint density at radius 2 is 0.627 bits per heavy atom. The standard InChI is InChI=1S/C69H135NO5/c1-3-5-7-9-11-13-15-17-19-21-22-27-30-33-37-41-45-49-53-57-61-67(72)66(65-71)70-68(73)62-58-54-50-46-42-38-34-31-28-25-23-24-26-29-32-36-40-44-48-52-56-60-64-75-69(74)63-59-55-51-47-43-39-35-20-18-16-14-12-10-8-6-4-2/h25,28,66-67,71-72H,3-24,26-27,29-65H2,1-2H3,(H,70,73)/b28-25-. The first-order valence-corrected chi connectivity index (χ1v) is 34.4. The average Bonchev–Trinajstić information content (AvgIpc) is 3.41. The van der Waals surface area contributed by atoms with Crippen molar-refractivity contribution in [2.75, 3.05) is 13.2 Å². The largest absolute Gasteiger partial charge is 0.466 e. The minimum absolute atomic E-state index is 0.0146. The SMILES string of the molecule is CCCCCCCCCCCCCCCCCCCCCCC(O)C(CO)NC(=O)CCCCCCCCC/C=C\CCCCCCCCCCCCCOC(=O)CCCCCCCCCCCCCCCCCC. The van der Waals surface area contributed by atoms with E-state index in [9.17, 15) is 19.8 Å². The van der Waals surface area contributed by atoms with Gasteiger partial charge >= 0.3 is 5.97 Å². The second-order valence-corrected chi connectivity index (χ2v) is 23.9. The molecular weight excluding hydrogens is 923 g/mol. The molecule has 0 heterocycles. The Labute approximate surface area is 469 Å². The fourth-order valence-corrected chi connectivity index (χ4v) is 11.1. The van der Waals surface area contributed by atoms with Gasteiger partial charge < -0.3 is 20.3 Å². The number of carbonyl (C=O) groups is 2. The second-order valence-electron chi connectivity index (χ2n) is 23.9. The molecule has 3 N–H and O–H groups in total. The zero-order valence-corrected chi connectivity index (χ0v) is 51.1. The summed E-state index contributed by atoms with van der Waals surface area (Å²) in [4.78, 5) is 24.6. The molecule has 1 amide bonds. The van der Waals surface area contributed by atoms with Crippen LogP contribution < -0.4 is 5.32 Å². The van der Waals surface area contributed by atoms with Gasteiger partial charge in [0.25, 0.3) is 0 Å². The molecule has 0 fully saturated rings. The van der Waals surface area contributed by atoms with Crippen LogP contribution in [0.1, 0.15) is 393 Å². The molecule has 0 aromatic carbocycles. The molecule has 75 heavy (non-hydrogen) atoms. The zero-order valence-electron chi connectivity index (χ0n) is 51.1. The molecule has 0 rings (SSSR count). The van der Waals surface area contributed by atoms with E-state index in [1.807, 2.05) is 0 Å². The van der Waals surface area contributed by atoms with Gasteiger partial charge in [-0.2, -0.15) is 0 Å². The van der Waals surface area contributed by atoms with E-state index in [-0.39, 0.29) is 18.5 Å². The number of aliphatic hydroxyl groups excluding tert-OH is 2. The van der Waals surface area contributed by atoms with Crippen molar-refractivity contribution < 1.29 is 24.5 Å². The van der Waals surface area contributed by atoms with Crippen LogP contribution in [0.15, 0.2) is 12.2 Å². The van der Waals surface area contributed by atoms with Crippen LogP contribution in [-0.4, -0.2) is 47.4 Å². The van der Waals surface area contributed by atoms with Gasteiger partial charge in [0.05, 0.1) is 25.4 Å². The molecule has 0 aliphatic heterocycles. The molecule has 0 bridgehead atoms. The summed E-state index contributed by atoms with van der Waals surface area (Å²) in [5.74, 6) is -0.0230. The van der Waals surface area contributed by atoms with Crippen molar-refractivity contribution in [3.05, 3.63) is 12.2 Å². The van der Waals surface area contributed by atoms with E-state index in [0.717, 1.165) is 38.5 Å². The van der Waals surface area contributed by atoms with E-state index in [2.05, 4.69) is 31.3 Å². The number of allylic oxidation sites excluding steroid dienone is 2. The number of hydrogen-bond donors (Lipinski definition) is 3. The highest BCUT2D eigenvalue weighted by atomic mass is 16.5. The van der Waals surface area contributed by atoms with E-state index >= 15 is 0 Å². The Morgan fingerprint density at radius 1 is 0.360 bits per heavy atom. The lowest BCUT2D eigenvalue weighted by molar-refractivity contribution is -0.143. The van der Waals surface area contributed by atoms with E-state index in [1.54, 1.807) is 0 Å². The molecule has 2 atom stereocenters. The molecule has 6 nitrogen and oxygen atoms in total. The van der Waals surface area contributed by atoms with Crippen LogP contribution in [0, 0.1) is 0 Å². The summed E-state index contributed by atoms with van der Waals surface area (Å²) in [6.45, 7) is 4.99. The average molecular weight is 1060 g/mol. The van der Waals surface area contributed by atoms with Crippen LogP contribution in [0.3, 0.4) is 0 Å². The summed E-state index contributed by atoms with van der Waals surface area (Å²) in [6.07, 6.45) is 79.6. The summed E-state index contributed by atoms with van der Waals surface area (Å²) >= 11 is 0. The zero-order chi connectivity index (χ0) is 54.3. The second kappa shape index (κ2) is 65.1. The van der Waals surface area contributed by atoms with Gasteiger partial charge in [0.1, 0.15) is 0 Å². The molecule has 0 saturated carbocycles. The van der Waals surface area contributed by atoms with E-state index < -0.39 is 12.1 Å². The number of aliphatic hydroxyl groups is 2. The summed E-state index contributed by atoms with van der Waals surface area (Å²) in [5.41, 5.74) is 0. The molecule has 2 unspecified atom stereocenters. The summed E-state index contributed by atoms with van der Waals surface area (Å²) in [6, 6.07) is -0.547. The number of rotatable bonds is 65. The fraction of sp³-hybridized carbons (Fsp3) is 0.942. The number of esters is 1. The predicted molar refractivity (Wildman–Crippen MR) is 329 cm³/mol. The van der Waals surface area contributed by atoms with Crippen LogP contribution >= 0.6 is 0 Å². The highest BCUT2D eigenvalue weighted by Crippen LogP contribution is 2.19. The number of hydrogen-bond acceptors (Lipinski definition) is 5. The van der Waals surface area contributed by atoms with Crippen LogP contribution in [0.5, 0.6) is 0 Å². The Morgan fingerprint density at radius 3 is 0.947 bits per heavy atom. The lowest BCUT2D eigenvalue weighted by Gasteiger charge is -2.22. The minimum Gasteiger partial charge on any atom is -0.466 e. The smallest absolute Gasteiger partial charge is 0.305 e. The first kappa shape index (κ1) is 73.6. The van der Waals surface area contributed by atoms with Crippen molar-refractivity contribution in [1.82, 2.24) is 5.32 Å². The molecule has 0 aliphatic carbocycles. The van der Waals surface area contributed by atoms with Gasteiger partial charge in [-0.15, -0.1) is 0 Å². The number of nitrogens with one attached hydrogen (secondary N) is 1. The maximum atomic E-state index is 12.5. The van der Waals surface area contributed by atoms with E-state index in [4.69, 9.17) is 4.74 Å². The van der Waals surface area contributed by atoms with E-state index in [0.29, 0.717) is 25.9 Å². The van der Waals surface area contributed by atoms with Gasteiger partial charge in [-0.3, -0.25) is 9.59 Å². The van der Waals surface area contributed by atoms with Gasteiger partial charge in [-0.1, -0.05) is 341 Å². The van der Waals surface area contributed by atoms with Crippen LogP contribution in [0.4, 0.5) is 0 Å². The molecule has 6 heteroatoms. The third-order valence-electron chi connectivity index (χ3n) is 16.3. The molecule has 0 aliphatic rings. The maximum absolute atomic E-state index is 12.5. The van der Waals surface area contributed by atoms with Crippen molar-refractivity contribution in [2.24, 2.45) is 0 Å². The Hall–Kier alpha value is -1.40. The molecule has 0 aromatic heterocycles. The molecule has 0 aromatic rings. The van der Waals surface area contributed by atoms with Crippen molar-refractivity contribution in [2.45, 2.75) is 405 Å². The summed E-state index contributed by atoms with van der Waals surface area (Å²) in [7, 11) is 0. The number of amides is 1. The molecular formula is C69H135NO5. The first-order valence-electron chi connectivity index (χ1n) is 34.4.